The molecular formula is C15H17N3O4. The Hall–Kier alpha value is -3.01. The van der Waals surface area contributed by atoms with E-state index in [2.05, 4.69) is 10.6 Å². The number of rotatable bonds is 7. The zero-order valence-electron chi connectivity index (χ0n) is 12.3. The second-order valence-electron chi connectivity index (χ2n) is 4.31. The predicted octanol–water partition coefficient (Wildman–Crippen LogP) is 1.49. The molecule has 0 aromatic heterocycles. The first-order valence-corrected chi connectivity index (χ1v) is 6.61. The number of hydrogen-bond donors (Lipinski definition) is 3. The Balaban J connectivity index is 2.70. The molecule has 0 saturated carbocycles. The standard InChI is InChI=1S/C15H17N3O4/c1-3-22-13-6-4-12(5-7-13)18-14(19)11(8-16)9-17-10(2)15(20)21/h4-7,9-10,17H,3H2,1-2H3,(H,18,19)(H,20,21)/b11-9-. The lowest BCUT2D eigenvalue weighted by Gasteiger charge is -2.08. The average Bonchev–Trinajstić information content (AvgIpc) is 2.49. The van der Waals surface area contributed by atoms with Gasteiger partial charge in [0, 0.05) is 11.9 Å². The molecule has 0 radical (unpaired) electrons. The van der Waals surface area contributed by atoms with Gasteiger partial charge in [-0.25, -0.2) is 0 Å². The van der Waals surface area contributed by atoms with Crippen LogP contribution in [0.4, 0.5) is 5.69 Å². The van der Waals surface area contributed by atoms with E-state index in [1.807, 2.05) is 6.92 Å². The topological polar surface area (TPSA) is 111 Å². The Bertz CT molecular complexity index is 602. The van der Waals surface area contributed by atoms with Crippen LogP contribution in [0.1, 0.15) is 13.8 Å². The van der Waals surface area contributed by atoms with Gasteiger partial charge < -0.3 is 20.5 Å². The molecule has 1 atom stereocenters. The van der Waals surface area contributed by atoms with Gasteiger partial charge in [0.2, 0.25) is 0 Å². The molecule has 7 nitrogen and oxygen atoms in total. The first kappa shape index (κ1) is 17.0. The molecule has 1 unspecified atom stereocenters. The summed E-state index contributed by atoms with van der Waals surface area (Å²) in [6.07, 6.45) is 1.09. The summed E-state index contributed by atoms with van der Waals surface area (Å²) in [5.41, 5.74) is 0.280. The summed E-state index contributed by atoms with van der Waals surface area (Å²) >= 11 is 0. The van der Waals surface area contributed by atoms with Gasteiger partial charge in [-0.15, -0.1) is 0 Å². The van der Waals surface area contributed by atoms with Crippen LogP contribution in [-0.2, 0) is 9.59 Å². The number of amides is 1. The van der Waals surface area contributed by atoms with Crippen LogP contribution in [0.2, 0.25) is 0 Å². The van der Waals surface area contributed by atoms with Crippen molar-refractivity contribution in [2.45, 2.75) is 19.9 Å². The molecule has 1 rings (SSSR count). The summed E-state index contributed by atoms with van der Waals surface area (Å²) in [6.45, 7) is 3.81. The smallest absolute Gasteiger partial charge is 0.325 e. The van der Waals surface area contributed by atoms with Gasteiger partial charge in [0.15, 0.2) is 0 Å². The molecule has 0 heterocycles. The number of carbonyl (C=O) groups excluding carboxylic acids is 1. The Labute approximate surface area is 128 Å². The van der Waals surface area contributed by atoms with Crippen LogP contribution < -0.4 is 15.4 Å². The maximum absolute atomic E-state index is 11.9. The number of carboxylic acid groups (broad SMARTS) is 1. The molecule has 0 aliphatic rings. The number of hydrogen-bond acceptors (Lipinski definition) is 5. The lowest BCUT2D eigenvalue weighted by atomic mass is 10.2. The van der Waals surface area contributed by atoms with E-state index in [-0.39, 0.29) is 5.57 Å². The van der Waals surface area contributed by atoms with E-state index in [0.29, 0.717) is 18.0 Å². The van der Waals surface area contributed by atoms with Gasteiger partial charge in [-0.2, -0.15) is 5.26 Å². The van der Waals surface area contributed by atoms with Crippen molar-refractivity contribution in [3.8, 4) is 11.8 Å². The molecule has 116 valence electrons. The molecule has 1 amide bonds. The molecule has 0 fully saturated rings. The normalized spacial score (nSPS) is 12.0. The number of nitriles is 1. The van der Waals surface area contributed by atoms with Crippen LogP contribution in [-0.4, -0.2) is 29.6 Å². The number of nitrogens with zero attached hydrogens (tertiary/aromatic N) is 1. The van der Waals surface area contributed by atoms with Crippen molar-refractivity contribution in [2.75, 3.05) is 11.9 Å². The van der Waals surface area contributed by atoms with Gasteiger partial charge >= 0.3 is 5.97 Å². The van der Waals surface area contributed by atoms with E-state index in [4.69, 9.17) is 15.1 Å². The molecule has 22 heavy (non-hydrogen) atoms. The Morgan fingerprint density at radius 3 is 2.55 bits per heavy atom. The van der Waals surface area contributed by atoms with E-state index < -0.39 is 17.9 Å². The molecular weight excluding hydrogens is 286 g/mol. The second kappa shape index (κ2) is 8.32. The fourth-order valence-electron chi connectivity index (χ4n) is 1.43. The molecule has 0 aliphatic carbocycles. The van der Waals surface area contributed by atoms with Crippen molar-refractivity contribution < 1.29 is 19.4 Å². The molecule has 0 aliphatic heterocycles. The van der Waals surface area contributed by atoms with E-state index in [9.17, 15) is 9.59 Å². The van der Waals surface area contributed by atoms with Crippen LogP contribution in [0.15, 0.2) is 36.0 Å². The first-order chi connectivity index (χ1) is 10.5. The molecule has 0 saturated heterocycles. The number of carboxylic acids is 1. The van der Waals surface area contributed by atoms with Crippen molar-refractivity contribution in [1.29, 1.82) is 5.26 Å². The minimum Gasteiger partial charge on any atom is -0.494 e. The Morgan fingerprint density at radius 1 is 1.41 bits per heavy atom. The fraction of sp³-hybridized carbons (Fsp3) is 0.267. The van der Waals surface area contributed by atoms with Crippen molar-refractivity contribution in [3.63, 3.8) is 0 Å². The van der Waals surface area contributed by atoms with Gasteiger partial charge in [0.1, 0.15) is 23.4 Å². The van der Waals surface area contributed by atoms with Crippen LogP contribution in [0.25, 0.3) is 0 Å². The molecule has 1 aromatic rings. The van der Waals surface area contributed by atoms with Gasteiger partial charge in [-0.3, -0.25) is 9.59 Å². The van der Waals surface area contributed by atoms with E-state index >= 15 is 0 Å². The number of anilines is 1. The summed E-state index contributed by atoms with van der Waals surface area (Å²) in [5, 5.41) is 22.7. The first-order valence-electron chi connectivity index (χ1n) is 6.61. The highest BCUT2D eigenvalue weighted by molar-refractivity contribution is 6.06. The lowest BCUT2D eigenvalue weighted by Crippen LogP contribution is -2.30. The SMILES string of the molecule is CCOc1ccc(NC(=O)/C(C#N)=C\NC(C)C(=O)O)cc1. The Morgan fingerprint density at radius 2 is 2.05 bits per heavy atom. The molecule has 3 N–H and O–H groups in total. The van der Waals surface area contributed by atoms with Gasteiger partial charge in [0.05, 0.1) is 6.61 Å². The van der Waals surface area contributed by atoms with Crippen LogP contribution in [0, 0.1) is 11.3 Å². The fourth-order valence-corrected chi connectivity index (χ4v) is 1.43. The number of carbonyl (C=O) groups is 2. The predicted molar refractivity (Wildman–Crippen MR) is 80.2 cm³/mol. The van der Waals surface area contributed by atoms with Crippen LogP contribution >= 0.6 is 0 Å². The van der Waals surface area contributed by atoms with Gasteiger partial charge in [-0.1, -0.05) is 0 Å². The van der Waals surface area contributed by atoms with Crippen molar-refractivity contribution in [2.24, 2.45) is 0 Å². The number of ether oxygens (including phenoxy) is 1. The summed E-state index contributed by atoms with van der Waals surface area (Å²) in [7, 11) is 0. The van der Waals surface area contributed by atoms with Crippen molar-refractivity contribution >= 4 is 17.6 Å². The van der Waals surface area contributed by atoms with E-state index in [0.717, 1.165) is 6.20 Å². The molecule has 0 bridgehead atoms. The quantitative estimate of drug-likeness (QED) is 0.520. The van der Waals surface area contributed by atoms with Crippen molar-refractivity contribution in [3.05, 3.63) is 36.0 Å². The summed E-state index contributed by atoms with van der Waals surface area (Å²) in [4.78, 5) is 22.6. The summed E-state index contributed by atoms with van der Waals surface area (Å²) < 4.78 is 5.28. The highest BCUT2D eigenvalue weighted by atomic mass is 16.5. The highest BCUT2D eigenvalue weighted by Gasteiger charge is 2.12. The monoisotopic (exact) mass is 303 g/mol. The molecule has 0 spiro atoms. The summed E-state index contributed by atoms with van der Waals surface area (Å²) in [6, 6.07) is 7.49. The number of benzene rings is 1. The average molecular weight is 303 g/mol. The third kappa shape index (κ3) is 5.17. The second-order valence-corrected chi connectivity index (χ2v) is 4.31. The number of nitrogens with one attached hydrogen (secondary N) is 2. The van der Waals surface area contributed by atoms with E-state index in [1.54, 1.807) is 30.3 Å². The van der Waals surface area contributed by atoms with Gasteiger partial charge in [-0.05, 0) is 38.1 Å². The molecule has 1 aromatic carbocycles. The third-order valence-corrected chi connectivity index (χ3v) is 2.64. The third-order valence-electron chi connectivity index (χ3n) is 2.64. The number of aliphatic carboxylic acids is 1. The minimum atomic E-state index is -1.08. The van der Waals surface area contributed by atoms with Crippen LogP contribution in [0.5, 0.6) is 5.75 Å². The molecule has 7 heteroatoms. The maximum atomic E-state index is 11.9. The summed E-state index contributed by atoms with van der Waals surface area (Å²) in [5.74, 6) is -1.04. The zero-order chi connectivity index (χ0) is 16.5. The van der Waals surface area contributed by atoms with Crippen LogP contribution in [0.3, 0.4) is 0 Å². The zero-order valence-corrected chi connectivity index (χ0v) is 12.3. The lowest BCUT2D eigenvalue weighted by molar-refractivity contribution is -0.138. The Kier molecular flexibility index (Phi) is 6.44. The highest BCUT2D eigenvalue weighted by Crippen LogP contribution is 2.16. The maximum Gasteiger partial charge on any atom is 0.325 e. The van der Waals surface area contributed by atoms with Gasteiger partial charge in [0.25, 0.3) is 5.91 Å². The van der Waals surface area contributed by atoms with E-state index in [1.165, 1.54) is 6.92 Å². The van der Waals surface area contributed by atoms with Crippen molar-refractivity contribution in [1.82, 2.24) is 5.32 Å². The minimum absolute atomic E-state index is 0.220. The largest absolute Gasteiger partial charge is 0.494 e.